The van der Waals surface area contributed by atoms with Crippen molar-refractivity contribution in [1.29, 1.82) is 0 Å². The van der Waals surface area contributed by atoms with Crippen LogP contribution in [0, 0.1) is 5.82 Å². The summed E-state index contributed by atoms with van der Waals surface area (Å²) in [6.45, 7) is 0.215. The van der Waals surface area contributed by atoms with Crippen molar-refractivity contribution in [1.82, 2.24) is 5.32 Å². The van der Waals surface area contributed by atoms with Gasteiger partial charge < -0.3 is 14.8 Å². The van der Waals surface area contributed by atoms with Crippen LogP contribution in [0.3, 0.4) is 0 Å². The Morgan fingerprint density at radius 3 is 2.84 bits per heavy atom. The lowest BCUT2D eigenvalue weighted by Gasteiger charge is -2.07. The summed E-state index contributed by atoms with van der Waals surface area (Å²) in [6.07, 6.45) is 0. The monoisotopic (exact) mass is 333 g/mol. The minimum absolute atomic E-state index is 0.223. The van der Waals surface area contributed by atoms with Gasteiger partial charge in [0.15, 0.2) is 6.61 Å². The fourth-order valence-corrected chi connectivity index (χ4v) is 1.57. The molecule has 0 radical (unpaired) electrons. The zero-order chi connectivity index (χ0) is 14.3. The number of halogens is 2. The molecule has 0 unspecified atom stereocenters. The number of amides is 1. The maximum absolute atomic E-state index is 13.4. The van der Waals surface area contributed by atoms with E-state index < -0.39 is 24.3 Å². The number of esters is 1. The third-order valence-electron chi connectivity index (χ3n) is 2.11. The third kappa shape index (κ3) is 5.35. The normalized spacial score (nSPS) is 10.1. The molecule has 0 aromatic heterocycles. The van der Waals surface area contributed by atoms with E-state index in [4.69, 9.17) is 9.47 Å². The van der Waals surface area contributed by atoms with E-state index in [-0.39, 0.29) is 5.56 Å². The Morgan fingerprint density at radius 2 is 2.16 bits per heavy atom. The molecule has 19 heavy (non-hydrogen) atoms. The van der Waals surface area contributed by atoms with Crippen molar-refractivity contribution in [3.8, 4) is 0 Å². The maximum atomic E-state index is 13.4. The molecule has 1 aromatic rings. The fraction of sp³-hybridized carbons (Fsp3) is 0.333. The van der Waals surface area contributed by atoms with Crippen LogP contribution in [-0.2, 0) is 14.3 Å². The highest BCUT2D eigenvalue weighted by Gasteiger charge is 2.15. The molecule has 7 heteroatoms. The van der Waals surface area contributed by atoms with E-state index in [0.717, 1.165) is 6.07 Å². The first kappa shape index (κ1) is 15.6. The number of hydrogen-bond acceptors (Lipinski definition) is 4. The number of nitrogens with one attached hydrogen (secondary N) is 1. The second-order valence-electron chi connectivity index (χ2n) is 3.54. The number of benzene rings is 1. The van der Waals surface area contributed by atoms with E-state index >= 15 is 0 Å². The van der Waals surface area contributed by atoms with Crippen molar-refractivity contribution in [3.63, 3.8) is 0 Å². The molecule has 104 valence electrons. The van der Waals surface area contributed by atoms with E-state index in [0.29, 0.717) is 17.6 Å². The molecular formula is C12H13BrFNO4. The fourth-order valence-electron chi connectivity index (χ4n) is 1.21. The first-order chi connectivity index (χ1) is 9.04. The molecule has 1 N–H and O–H groups in total. The largest absolute Gasteiger partial charge is 0.452 e. The number of methoxy groups -OCH3 is 1. The van der Waals surface area contributed by atoms with Crippen LogP contribution in [-0.4, -0.2) is 38.7 Å². The van der Waals surface area contributed by atoms with Gasteiger partial charge in [0.05, 0.1) is 12.2 Å². The summed E-state index contributed by atoms with van der Waals surface area (Å²) in [6, 6.07) is 3.89. The van der Waals surface area contributed by atoms with Crippen molar-refractivity contribution in [3.05, 3.63) is 34.1 Å². The minimum atomic E-state index is -0.888. The summed E-state index contributed by atoms with van der Waals surface area (Å²) in [5.74, 6) is -2.06. The average Bonchev–Trinajstić information content (AvgIpc) is 2.39. The van der Waals surface area contributed by atoms with Crippen LogP contribution in [0.5, 0.6) is 0 Å². The van der Waals surface area contributed by atoms with Gasteiger partial charge in [-0.25, -0.2) is 9.18 Å². The predicted octanol–water partition coefficient (Wildman–Crippen LogP) is 1.51. The Hall–Kier alpha value is -1.47. The molecule has 0 aliphatic carbocycles. The maximum Gasteiger partial charge on any atom is 0.341 e. The van der Waals surface area contributed by atoms with E-state index in [2.05, 4.69) is 21.2 Å². The van der Waals surface area contributed by atoms with Crippen molar-refractivity contribution in [2.45, 2.75) is 0 Å². The first-order valence-corrected chi connectivity index (χ1v) is 6.21. The zero-order valence-electron chi connectivity index (χ0n) is 10.2. The molecule has 0 atom stereocenters. The lowest BCUT2D eigenvalue weighted by molar-refractivity contribution is -0.124. The van der Waals surface area contributed by atoms with E-state index in [1.165, 1.54) is 19.2 Å². The van der Waals surface area contributed by atoms with E-state index in [9.17, 15) is 14.0 Å². The van der Waals surface area contributed by atoms with Gasteiger partial charge in [-0.05, 0) is 18.2 Å². The summed E-state index contributed by atoms with van der Waals surface area (Å²) >= 11 is 3.12. The lowest BCUT2D eigenvalue weighted by Crippen LogP contribution is -2.31. The van der Waals surface area contributed by atoms with Crippen LogP contribution in [0.25, 0.3) is 0 Å². The molecule has 0 bridgehead atoms. The minimum Gasteiger partial charge on any atom is -0.452 e. The van der Waals surface area contributed by atoms with Crippen LogP contribution in [0.4, 0.5) is 4.39 Å². The average molecular weight is 334 g/mol. The molecule has 5 nitrogen and oxygen atoms in total. The number of carbonyl (C=O) groups is 2. The quantitative estimate of drug-likeness (QED) is 0.633. The van der Waals surface area contributed by atoms with E-state index in [1.54, 1.807) is 0 Å². The third-order valence-corrected chi connectivity index (χ3v) is 2.60. The predicted molar refractivity (Wildman–Crippen MR) is 69.3 cm³/mol. The SMILES string of the molecule is COCCNC(=O)COC(=O)c1cc(Br)ccc1F. The Labute approximate surface area is 118 Å². The van der Waals surface area contributed by atoms with Gasteiger partial charge in [0.2, 0.25) is 0 Å². The molecule has 1 rings (SSSR count). The summed E-state index contributed by atoms with van der Waals surface area (Å²) in [7, 11) is 1.50. The second kappa shape index (κ2) is 7.85. The first-order valence-electron chi connectivity index (χ1n) is 5.42. The molecule has 0 saturated carbocycles. The summed E-state index contributed by atoms with van der Waals surface area (Å²) in [4.78, 5) is 22.8. The Balaban J connectivity index is 2.47. The molecule has 0 saturated heterocycles. The zero-order valence-corrected chi connectivity index (χ0v) is 11.8. The number of carbonyl (C=O) groups excluding carboxylic acids is 2. The highest BCUT2D eigenvalue weighted by atomic mass is 79.9. The topological polar surface area (TPSA) is 64.6 Å². The molecular weight excluding hydrogens is 321 g/mol. The highest BCUT2D eigenvalue weighted by Crippen LogP contribution is 2.16. The van der Waals surface area contributed by atoms with Gasteiger partial charge in [-0.2, -0.15) is 0 Å². The molecule has 0 spiro atoms. The highest BCUT2D eigenvalue weighted by molar-refractivity contribution is 9.10. The van der Waals surface area contributed by atoms with Gasteiger partial charge in [0, 0.05) is 18.1 Å². The Morgan fingerprint density at radius 1 is 1.42 bits per heavy atom. The number of hydrogen-bond donors (Lipinski definition) is 1. The van der Waals surface area contributed by atoms with Crippen LogP contribution >= 0.6 is 15.9 Å². The van der Waals surface area contributed by atoms with Crippen LogP contribution in [0.2, 0.25) is 0 Å². The molecule has 0 aliphatic heterocycles. The van der Waals surface area contributed by atoms with Crippen molar-refractivity contribution < 1.29 is 23.5 Å². The smallest absolute Gasteiger partial charge is 0.341 e. The van der Waals surface area contributed by atoms with Gasteiger partial charge >= 0.3 is 5.97 Å². The summed E-state index contributed by atoms with van der Waals surface area (Å²) < 4.78 is 23.3. The van der Waals surface area contributed by atoms with Gasteiger partial charge in [-0.3, -0.25) is 4.79 Å². The van der Waals surface area contributed by atoms with Crippen molar-refractivity contribution >= 4 is 27.8 Å². The Bertz CT molecular complexity index is 467. The van der Waals surface area contributed by atoms with Gasteiger partial charge in [0.1, 0.15) is 5.82 Å². The Kier molecular flexibility index (Phi) is 6.44. The van der Waals surface area contributed by atoms with Gasteiger partial charge in [-0.15, -0.1) is 0 Å². The standard InChI is InChI=1S/C12H13BrFNO4/c1-18-5-4-15-11(16)7-19-12(17)9-6-8(13)2-3-10(9)14/h2-3,6H,4-5,7H2,1H3,(H,15,16). The summed E-state index contributed by atoms with van der Waals surface area (Å²) in [5.41, 5.74) is -0.223. The molecule has 0 fully saturated rings. The van der Waals surface area contributed by atoms with Gasteiger partial charge in [0.25, 0.3) is 5.91 Å². The van der Waals surface area contributed by atoms with Crippen molar-refractivity contribution in [2.75, 3.05) is 26.9 Å². The second-order valence-corrected chi connectivity index (χ2v) is 4.46. The van der Waals surface area contributed by atoms with Gasteiger partial charge in [-0.1, -0.05) is 15.9 Å². The molecule has 1 amide bonds. The van der Waals surface area contributed by atoms with Crippen molar-refractivity contribution in [2.24, 2.45) is 0 Å². The molecule has 1 aromatic carbocycles. The van der Waals surface area contributed by atoms with Crippen LogP contribution < -0.4 is 5.32 Å². The lowest BCUT2D eigenvalue weighted by atomic mass is 10.2. The summed E-state index contributed by atoms with van der Waals surface area (Å²) in [5, 5.41) is 2.47. The number of rotatable bonds is 6. The molecule has 0 heterocycles. The van der Waals surface area contributed by atoms with Crippen LogP contribution in [0.15, 0.2) is 22.7 Å². The number of ether oxygens (including phenoxy) is 2. The molecule has 0 aliphatic rings. The van der Waals surface area contributed by atoms with E-state index in [1.807, 2.05) is 0 Å². The van der Waals surface area contributed by atoms with Crippen LogP contribution in [0.1, 0.15) is 10.4 Å².